The third-order valence-electron chi connectivity index (χ3n) is 3.12. The van der Waals surface area contributed by atoms with Gasteiger partial charge >= 0.3 is 0 Å². The Bertz CT molecular complexity index is 624. The van der Waals surface area contributed by atoms with E-state index in [1.165, 1.54) is 0 Å². The second-order valence-electron chi connectivity index (χ2n) is 4.98. The Morgan fingerprint density at radius 2 is 1.30 bits per heavy atom. The fourth-order valence-electron chi connectivity index (χ4n) is 1.72. The predicted molar refractivity (Wildman–Crippen MR) is 95.5 cm³/mol. The maximum atomic E-state index is 11.0. The van der Waals surface area contributed by atoms with E-state index in [9.17, 15) is 9.59 Å². The number of hydrogen-bond acceptors (Lipinski definition) is 2. The molecular weight excluding hydrogens is 288 g/mol. The van der Waals surface area contributed by atoms with Crippen LogP contribution in [0.4, 0.5) is 11.4 Å². The largest absolute Gasteiger partial charge is 0.326 e. The van der Waals surface area contributed by atoms with E-state index >= 15 is 0 Å². The Labute approximate surface area is 137 Å². The molecule has 0 spiro atoms. The summed E-state index contributed by atoms with van der Waals surface area (Å²) in [5.74, 6) is 0.112. The van der Waals surface area contributed by atoms with Gasteiger partial charge in [0, 0.05) is 24.2 Å². The number of para-hydroxylation sites is 2. The smallest absolute Gasteiger partial charge is 0.224 e. The minimum Gasteiger partial charge on any atom is -0.326 e. The van der Waals surface area contributed by atoms with Crippen LogP contribution in [0, 0.1) is 6.92 Å². The molecule has 0 unspecified atom stereocenters. The minimum absolute atomic E-state index is 0.0520. The van der Waals surface area contributed by atoms with Crippen LogP contribution in [0.15, 0.2) is 54.6 Å². The van der Waals surface area contributed by atoms with E-state index in [4.69, 9.17) is 0 Å². The molecule has 2 N–H and O–H groups in total. The van der Waals surface area contributed by atoms with Crippen LogP contribution in [-0.4, -0.2) is 11.8 Å². The third kappa shape index (κ3) is 7.27. The van der Waals surface area contributed by atoms with Crippen LogP contribution in [0.25, 0.3) is 0 Å². The van der Waals surface area contributed by atoms with Crippen LogP contribution in [0.5, 0.6) is 0 Å². The molecule has 0 saturated heterocycles. The molecule has 122 valence electrons. The summed E-state index contributed by atoms with van der Waals surface area (Å²) in [5, 5.41) is 5.57. The summed E-state index contributed by atoms with van der Waals surface area (Å²) < 4.78 is 0. The van der Waals surface area contributed by atoms with Gasteiger partial charge in [-0.05, 0) is 30.7 Å². The first kappa shape index (κ1) is 18.4. The predicted octanol–water partition coefficient (Wildman–Crippen LogP) is 4.38. The van der Waals surface area contributed by atoms with Crippen molar-refractivity contribution in [2.75, 3.05) is 10.6 Å². The molecule has 0 bridgehead atoms. The van der Waals surface area contributed by atoms with Crippen molar-refractivity contribution in [3.8, 4) is 0 Å². The van der Waals surface area contributed by atoms with E-state index in [1.807, 2.05) is 75.4 Å². The molecule has 0 aliphatic heterocycles. The molecule has 4 heteroatoms. The van der Waals surface area contributed by atoms with Crippen LogP contribution in [0.1, 0.15) is 32.3 Å². The highest BCUT2D eigenvalue weighted by molar-refractivity contribution is 5.91. The Kier molecular flexibility index (Phi) is 8.14. The molecule has 0 heterocycles. The van der Waals surface area contributed by atoms with Crippen molar-refractivity contribution in [2.24, 2.45) is 0 Å². The van der Waals surface area contributed by atoms with E-state index in [0.29, 0.717) is 12.8 Å². The minimum atomic E-state index is 0.0520. The molecular formula is C19H24N2O2. The van der Waals surface area contributed by atoms with Gasteiger partial charge in [0.05, 0.1) is 0 Å². The van der Waals surface area contributed by atoms with E-state index in [2.05, 4.69) is 10.6 Å². The monoisotopic (exact) mass is 312 g/mol. The third-order valence-corrected chi connectivity index (χ3v) is 3.12. The van der Waals surface area contributed by atoms with Crippen molar-refractivity contribution in [2.45, 2.75) is 33.6 Å². The second-order valence-corrected chi connectivity index (χ2v) is 4.98. The SMILES string of the molecule is CCC(=O)Nc1ccccc1.CCC(=O)Nc1ccccc1C. The highest BCUT2D eigenvalue weighted by atomic mass is 16.2. The number of aryl methyl sites for hydroxylation is 1. The first-order valence-electron chi connectivity index (χ1n) is 7.77. The van der Waals surface area contributed by atoms with Gasteiger partial charge in [-0.2, -0.15) is 0 Å². The van der Waals surface area contributed by atoms with Gasteiger partial charge in [-0.1, -0.05) is 50.2 Å². The van der Waals surface area contributed by atoms with E-state index in [0.717, 1.165) is 16.9 Å². The van der Waals surface area contributed by atoms with Gasteiger partial charge < -0.3 is 10.6 Å². The lowest BCUT2D eigenvalue weighted by molar-refractivity contribution is -0.116. The van der Waals surface area contributed by atoms with Gasteiger partial charge in [0.2, 0.25) is 11.8 Å². The maximum Gasteiger partial charge on any atom is 0.224 e. The molecule has 2 aromatic carbocycles. The van der Waals surface area contributed by atoms with Crippen LogP contribution >= 0.6 is 0 Å². The Morgan fingerprint density at radius 1 is 0.783 bits per heavy atom. The summed E-state index contributed by atoms with van der Waals surface area (Å²) >= 11 is 0. The number of carbonyl (C=O) groups is 2. The van der Waals surface area contributed by atoms with Crippen LogP contribution in [0.2, 0.25) is 0 Å². The van der Waals surface area contributed by atoms with Crippen molar-refractivity contribution in [1.82, 2.24) is 0 Å². The average molecular weight is 312 g/mol. The summed E-state index contributed by atoms with van der Waals surface area (Å²) in [4.78, 5) is 21.9. The number of nitrogens with one attached hydrogen (secondary N) is 2. The highest BCUT2D eigenvalue weighted by Crippen LogP contribution is 2.12. The van der Waals surface area contributed by atoms with Crippen molar-refractivity contribution < 1.29 is 9.59 Å². The summed E-state index contributed by atoms with van der Waals surface area (Å²) in [6, 6.07) is 17.2. The molecule has 0 aromatic heterocycles. The zero-order valence-electron chi connectivity index (χ0n) is 13.9. The van der Waals surface area contributed by atoms with Gasteiger partial charge in [-0.25, -0.2) is 0 Å². The van der Waals surface area contributed by atoms with E-state index < -0.39 is 0 Å². The van der Waals surface area contributed by atoms with Crippen molar-refractivity contribution in [3.05, 3.63) is 60.2 Å². The molecule has 2 amide bonds. The van der Waals surface area contributed by atoms with Crippen LogP contribution in [0.3, 0.4) is 0 Å². The number of carbonyl (C=O) groups excluding carboxylic acids is 2. The standard InChI is InChI=1S/C10H13NO.C9H11NO/c1-3-10(12)11-9-7-5-4-6-8(9)2;1-2-9(11)10-8-6-4-3-5-7-8/h4-7H,3H2,1-2H3,(H,11,12);3-7H,2H2,1H3,(H,10,11). The number of benzene rings is 2. The normalized spacial score (nSPS) is 9.35. The van der Waals surface area contributed by atoms with E-state index in [1.54, 1.807) is 0 Å². The molecule has 2 aromatic rings. The molecule has 0 fully saturated rings. The maximum absolute atomic E-state index is 11.0. The second kappa shape index (κ2) is 10.2. The molecule has 0 aliphatic carbocycles. The summed E-state index contributed by atoms with van der Waals surface area (Å²) in [5.41, 5.74) is 2.86. The zero-order valence-corrected chi connectivity index (χ0v) is 13.9. The molecule has 0 atom stereocenters. The van der Waals surface area contributed by atoms with Crippen molar-refractivity contribution in [3.63, 3.8) is 0 Å². The fourth-order valence-corrected chi connectivity index (χ4v) is 1.72. The number of rotatable bonds is 4. The average Bonchev–Trinajstić information content (AvgIpc) is 2.58. The summed E-state index contributed by atoms with van der Waals surface area (Å²) in [6.07, 6.45) is 1.04. The van der Waals surface area contributed by atoms with Crippen molar-refractivity contribution in [1.29, 1.82) is 0 Å². The van der Waals surface area contributed by atoms with Gasteiger partial charge in [0.25, 0.3) is 0 Å². The lowest BCUT2D eigenvalue weighted by Crippen LogP contribution is -2.10. The molecule has 23 heavy (non-hydrogen) atoms. The lowest BCUT2D eigenvalue weighted by atomic mass is 10.2. The van der Waals surface area contributed by atoms with Crippen LogP contribution < -0.4 is 10.6 Å². The van der Waals surface area contributed by atoms with Gasteiger partial charge in [0.15, 0.2) is 0 Å². The molecule has 0 radical (unpaired) electrons. The quantitative estimate of drug-likeness (QED) is 0.880. The zero-order chi connectivity index (χ0) is 17.1. The number of hydrogen-bond donors (Lipinski definition) is 2. The highest BCUT2D eigenvalue weighted by Gasteiger charge is 1.99. The molecule has 0 aliphatic rings. The Hall–Kier alpha value is -2.62. The molecule has 4 nitrogen and oxygen atoms in total. The van der Waals surface area contributed by atoms with Gasteiger partial charge in [-0.3, -0.25) is 9.59 Å². The number of anilines is 2. The molecule has 0 saturated carbocycles. The van der Waals surface area contributed by atoms with Gasteiger partial charge in [0.1, 0.15) is 0 Å². The number of amides is 2. The fraction of sp³-hybridized carbons (Fsp3) is 0.263. The van der Waals surface area contributed by atoms with E-state index in [-0.39, 0.29) is 11.8 Å². The molecule has 2 rings (SSSR count). The summed E-state index contributed by atoms with van der Waals surface area (Å²) in [7, 11) is 0. The lowest BCUT2D eigenvalue weighted by Gasteiger charge is -2.05. The Balaban J connectivity index is 0.000000231. The first-order chi connectivity index (χ1) is 11.1. The summed E-state index contributed by atoms with van der Waals surface area (Å²) in [6.45, 7) is 5.65. The van der Waals surface area contributed by atoms with Crippen LogP contribution in [-0.2, 0) is 9.59 Å². The first-order valence-corrected chi connectivity index (χ1v) is 7.77. The van der Waals surface area contributed by atoms with Crippen molar-refractivity contribution >= 4 is 23.2 Å². The topological polar surface area (TPSA) is 58.2 Å². The van der Waals surface area contributed by atoms with Gasteiger partial charge in [-0.15, -0.1) is 0 Å². The Morgan fingerprint density at radius 3 is 1.87 bits per heavy atom.